The van der Waals surface area contributed by atoms with E-state index in [1.807, 2.05) is 0 Å². The molecule has 30 heavy (non-hydrogen) atoms. The van der Waals surface area contributed by atoms with Crippen LogP contribution in [-0.4, -0.2) is 26.7 Å². The monoisotopic (exact) mass is 482 g/mol. The van der Waals surface area contributed by atoms with Crippen LogP contribution in [0.2, 0.25) is 0 Å². The molecule has 0 aromatic carbocycles. The fourth-order valence-electron chi connectivity index (χ4n) is 9.24. The molecule has 4 aliphatic carbocycles. The smallest absolute Gasteiger partial charge is 0.0702 e. The number of hydrogen-bond acceptors (Lipinski definition) is 2. The van der Waals surface area contributed by atoms with E-state index in [0.29, 0.717) is 23.7 Å². The fourth-order valence-corrected chi connectivity index (χ4v) is 10.3. The first kappa shape index (κ1) is 23.6. The number of hydrogen-bond donors (Lipinski definition) is 2. The number of rotatable bonds is 5. The Labute approximate surface area is 194 Å². The first-order valence-corrected chi connectivity index (χ1v) is 13.9. The molecule has 174 valence electrons. The average Bonchev–Trinajstić information content (AvgIpc) is 3.01. The molecule has 0 unspecified atom stereocenters. The Morgan fingerprint density at radius 1 is 0.933 bits per heavy atom. The molecule has 0 aromatic rings. The van der Waals surface area contributed by atoms with E-state index in [-0.39, 0.29) is 21.9 Å². The van der Waals surface area contributed by atoms with Gasteiger partial charge in [-0.3, -0.25) is 0 Å². The Morgan fingerprint density at radius 3 is 2.37 bits per heavy atom. The number of aliphatic hydroxyl groups is 2. The minimum Gasteiger partial charge on any atom is -0.393 e. The maximum Gasteiger partial charge on any atom is 0.0702 e. The normalized spacial score (nSPS) is 51.9. The molecule has 0 bridgehead atoms. The second kappa shape index (κ2) is 8.32. The molecule has 3 heteroatoms. The summed E-state index contributed by atoms with van der Waals surface area (Å²) < 4.78 is -0.297. The van der Waals surface area contributed by atoms with E-state index in [0.717, 1.165) is 42.9 Å². The summed E-state index contributed by atoms with van der Waals surface area (Å²) in [5, 5.41) is 21.8. The Balaban J connectivity index is 1.53. The Kier molecular flexibility index (Phi) is 6.53. The SMILES string of the molecule is CC(C)CCC[C@@H](C)[C@H]1CC[C@H]2[C@@H]3C[C@@H](O)[C@@]4(Br)C[C@@H](O)CC[C@]4(C)[C@H]3CC[C@]12C. The van der Waals surface area contributed by atoms with Gasteiger partial charge in [0.05, 0.1) is 16.5 Å². The van der Waals surface area contributed by atoms with Crippen LogP contribution < -0.4 is 0 Å². The first-order valence-electron chi connectivity index (χ1n) is 13.1. The van der Waals surface area contributed by atoms with Crippen LogP contribution in [0.3, 0.4) is 0 Å². The van der Waals surface area contributed by atoms with Crippen LogP contribution in [0.25, 0.3) is 0 Å². The molecule has 0 spiro atoms. The second-order valence-electron chi connectivity index (χ2n) is 12.8. The fraction of sp³-hybridized carbons (Fsp3) is 1.00. The largest absolute Gasteiger partial charge is 0.393 e. The molecule has 4 aliphatic rings. The molecule has 10 atom stereocenters. The van der Waals surface area contributed by atoms with Crippen molar-refractivity contribution >= 4 is 15.9 Å². The Morgan fingerprint density at radius 2 is 1.67 bits per heavy atom. The lowest BCUT2D eigenvalue weighted by Crippen LogP contribution is -2.65. The van der Waals surface area contributed by atoms with Gasteiger partial charge in [0.15, 0.2) is 0 Å². The molecule has 4 saturated carbocycles. The van der Waals surface area contributed by atoms with Crippen LogP contribution in [0.5, 0.6) is 0 Å². The van der Waals surface area contributed by atoms with Gasteiger partial charge in [-0.1, -0.05) is 69.8 Å². The predicted molar refractivity (Wildman–Crippen MR) is 129 cm³/mol. The summed E-state index contributed by atoms with van der Waals surface area (Å²) >= 11 is 4.05. The zero-order valence-corrected chi connectivity index (χ0v) is 21.8. The van der Waals surface area contributed by atoms with E-state index in [4.69, 9.17) is 0 Å². The van der Waals surface area contributed by atoms with Crippen LogP contribution in [0.15, 0.2) is 0 Å². The number of aliphatic hydroxyl groups excluding tert-OH is 2. The van der Waals surface area contributed by atoms with Gasteiger partial charge < -0.3 is 10.2 Å². The van der Waals surface area contributed by atoms with Gasteiger partial charge in [-0.15, -0.1) is 0 Å². The van der Waals surface area contributed by atoms with Crippen LogP contribution in [0.4, 0.5) is 0 Å². The molecule has 2 nitrogen and oxygen atoms in total. The minimum absolute atomic E-state index is 0.108. The molecule has 0 radical (unpaired) electrons. The summed E-state index contributed by atoms with van der Waals surface area (Å²) in [5.41, 5.74) is 0.575. The molecule has 0 amide bonds. The third-order valence-corrected chi connectivity index (χ3v) is 12.7. The molecule has 0 aliphatic heterocycles. The van der Waals surface area contributed by atoms with Crippen LogP contribution >= 0.6 is 15.9 Å². The highest BCUT2D eigenvalue weighted by molar-refractivity contribution is 9.10. The number of halogens is 1. The number of alkyl halides is 1. The summed E-state index contributed by atoms with van der Waals surface area (Å²) in [7, 11) is 0. The quantitative estimate of drug-likeness (QED) is 0.415. The topological polar surface area (TPSA) is 40.5 Å². The molecular formula is C27H47BrO2. The lowest BCUT2D eigenvalue weighted by Gasteiger charge is -2.65. The van der Waals surface area contributed by atoms with Gasteiger partial charge in [0.1, 0.15) is 0 Å². The van der Waals surface area contributed by atoms with E-state index in [2.05, 4.69) is 50.5 Å². The summed E-state index contributed by atoms with van der Waals surface area (Å²) in [6.45, 7) is 12.3. The Hall–Kier alpha value is 0.400. The van der Waals surface area contributed by atoms with Crippen molar-refractivity contribution in [2.45, 2.75) is 122 Å². The van der Waals surface area contributed by atoms with Crippen molar-refractivity contribution < 1.29 is 10.2 Å². The van der Waals surface area contributed by atoms with Gasteiger partial charge in [0, 0.05) is 0 Å². The van der Waals surface area contributed by atoms with E-state index >= 15 is 0 Å². The van der Waals surface area contributed by atoms with Crippen molar-refractivity contribution in [2.75, 3.05) is 0 Å². The van der Waals surface area contributed by atoms with E-state index < -0.39 is 0 Å². The van der Waals surface area contributed by atoms with Gasteiger partial charge in [-0.05, 0) is 97.7 Å². The zero-order valence-electron chi connectivity index (χ0n) is 20.2. The predicted octanol–water partition coefficient (Wildman–Crippen LogP) is 6.96. The van der Waals surface area contributed by atoms with Gasteiger partial charge in [0.25, 0.3) is 0 Å². The van der Waals surface area contributed by atoms with Crippen molar-refractivity contribution in [3.8, 4) is 0 Å². The van der Waals surface area contributed by atoms with Gasteiger partial charge in [-0.2, -0.15) is 0 Å². The molecule has 0 saturated heterocycles. The van der Waals surface area contributed by atoms with Crippen molar-refractivity contribution in [2.24, 2.45) is 46.3 Å². The standard InChI is InChI=1S/C27H47BrO2/c1-17(2)7-6-8-18(3)21-9-10-22-20-15-24(30)27(28)16-19(29)11-14-26(27,5)23(20)12-13-25(21,22)4/h17-24,29-30H,6-16H2,1-5H3/t18-,19+,20+,21-,22+,23+,24-,25-,26-,27+/m1/s1. The number of fused-ring (bicyclic) bond motifs is 5. The molecule has 0 aromatic heterocycles. The van der Waals surface area contributed by atoms with Crippen molar-refractivity contribution in [1.82, 2.24) is 0 Å². The van der Waals surface area contributed by atoms with Gasteiger partial charge >= 0.3 is 0 Å². The third kappa shape index (κ3) is 3.56. The lowest BCUT2D eigenvalue weighted by molar-refractivity contribution is -0.154. The maximum absolute atomic E-state index is 11.4. The average molecular weight is 484 g/mol. The van der Waals surface area contributed by atoms with Gasteiger partial charge in [-0.25, -0.2) is 0 Å². The van der Waals surface area contributed by atoms with E-state index in [1.165, 1.54) is 44.9 Å². The second-order valence-corrected chi connectivity index (χ2v) is 14.3. The summed E-state index contributed by atoms with van der Waals surface area (Å²) in [5.74, 6) is 4.66. The molecule has 4 fully saturated rings. The highest BCUT2D eigenvalue weighted by atomic mass is 79.9. The van der Waals surface area contributed by atoms with Crippen molar-refractivity contribution in [3.05, 3.63) is 0 Å². The molecule has 4 rings (SSSR count). The zero-order chi connectivity index (χ0) is 21.9. The molecular weight excluding hydrogens is 436 g/mol. The van der Waals surface area contributed by atoms with Crippen LogP contribution in [-0.2, 0) is 0 Å². The summed E-state index contributed by atoms with van der Waals surface area (Å²) in [4.78, 5) is 0. The summed E-state index contributed by atoms with van der Waals surface area (Å²) in [6.07, 6.45) is 12.6. The Bertz CT molecular complexity index is 622. The third-order valence-electron chi connectivity index (χ3n) is 11.0. The molecule has 0 heterocycles. The minimum atomic E-state index is -0.330. The first-order chi connectivity index (χ1) is 14.0. The van der Waals surface area contributed by atoms with Crippen LogP contribution in [0, 0.1) is 46.3 Å². The maximum atomic E-state index is 11.4. The van der Waals surface area contributed by atoms with Crippen molar-refractivity contribution in [3.63, 3.8) is 0 Å². The highest BCUT2D eigenvalue weighted by Gasteiger charge is 2.67. The lowest BCUT2D eigenvalue weighted by atomic mass is 9.43. The van der Waals surface area contributed by atoms with Crippen LogP contribution in [0.1, 0.15) is 105 Å². The van der Waals surface area contributed by atoms with E-state index in [9.17, 15) is 10.2 Å². The van der Waals surface area contributed by atoms with Gasteiger partial charge in [0.2, 0.25) is 0 Å². The summed E-state index contributed by atoms with van der Waals surface area (Å²) in [6, 6.07) is 0. The highest BCUT2D eigenvalue weighted by Crippen LogP contribution is 2.70. The molecule has 2 N–H and O–H groups in total. The van der Waals surface area contributed by atoms with E-state index in [1.54, 1.807) is 0 Å². The van der Waals surface area contributed by atoms with Crippen molar-refractivity contribution in [1.29, 1.82) is 0 Å².